The van der Waals surface area contributed by atoms with Gasteiger partial charge in [0.15, 0.2) is 5.96 Å². The Labute approximate surface area is 171 Å². The van der Waals surface area contributed by atoms with Gasteiger partial charge < -0.3 is 20.2 Å². The maximum absolute atomic E-state index is 6.08. The number of anilines is 1. The van der Waals surface area contributed by atoms with E-state index in [9.17, 15) is 0 Å². The van der Waals surface area contributed by atoms with E-state index in [2.05, 4.69) is 15.2 Å². The molecule has 3 N–H and O–H groups in total. The highest BCUT2D eigenvalue weighted by molar-refractivity contribution is 14.0. The molecule has 0 aliphatic carbocycles. The van der Waals surface area contributed by atoms with Gasteiger partial charge in [-0.2, -0.15) is 0 Å². The molecule has 0 bridgehead atoms. The van der Waals surface area contributed by atoms with Gasteiger partial charge in [0.2, 0.25) is 0 Å². The summed E-state index contributed by atoms with van der Waals surface area (Å²) in [5, 5.41) is 3.12. The van der Waals surface area contributed by atoms with E-state index in [1.54, 1.807) is 13.4 Å². The van der Waals surface area contributed by atoms with Crippen LogP contribution in [0.2, 0.25) is 0 Å². The van der Waals surface area contributed by atoms with E-state index in [0.717, 1.165) is 30.3 Å². The molecule has 1 fully saturated rings. The molecule has 1 atom stereocenters. The zero-order chi connectivity index (χ0) is 17.5. The first-order valence-electron chi connectivity index (χ1n) is 8.74. The third-order valence-electron chi connectivity index (χ3n) is 4.48. The molecule has 1 saturated heterocycles. The predicted molar refractivity (Wildman–Crippen MR) is 115 cm³/mol. The molecular weight excluding hydrogens is 443 g/mol. The quantitative estimate of drug-likeness (QED) is 0.381. The molecular formula is C19H27IN4O2. The number of furan rings is 1. The normalized spacial score (nSPS) is 16.6. The molecule has 0 amide bonds. The van der Waals surface area contributed by atoms with Crippen LogP contribution in [-0.2, 0) is 0 Å². The summed E-state index contributed by atoms with van der Waals surface area (Å²) in [6.07, 6.45) is 5.45. The highest BCUT2D eigenvalue weighted by Crippen LogP contribution is 2.25. The lowest BCUT2D eigenvalue weighted by molar-refractivity contribution is 0.150. The van der Waals surface area contributed by atoms with E-state index in [1.807, 2.05) is 36.4 Å². The molecule has 3 rings (SSSR count). The Morgan fingerprint density at radius 2 is 2.08 bits per heavy atom. The van der Waals surface area contributed by atoms with Gasteiger partial charge >= 0.3 is 0 Å². The van der Waals surface area contributed by atoms with Crippen molar-refractivity contribution in [2.75, 3.05) is 32.1 Å². The maximum Gasteiger partial charge on any atom is 0.193 e. The molecule has 1 aliphatic rings. The minimum absolute atomic E-state index is 0. The van der Waals surface area contributed by atoms with Gasteiger partial charge in [0, 0.05) is 11.8 Å². The van der Waals surface area contributed by atoms with Crippen LogP contribution in [0.3, 0.4) is 0 Å². The summed E-state index contributed by atoms with van der Waals surface area (Å²) >= 11 is 0. The van der Waals surface area contributed by atoms with Crippen molar-refractivity contribution >= 4 is 35.6 Å². The van der Waals surface area contributed by atoms with Gasteiger partial charge in [-0.15, -0.1) is 24.0 Å². The molecule has 7 heteroatoms. The number of hydrogen-bond acceptors (Lipinski definition) is 4. The fourth-order valence-electron chi connectivity index (χ4n) is 3.17. The molecule has 142 valence electrons. The van der Waals surface area contributed by atoms with Crippen LogP contribution >= 0.6 is 24.0 Å². The van der Waals surface area contributed by atoms with E-state index in [1.165, 1.54) is 19.3 Å². The second-order valence-electron chi connectivity index (χ2n) is 6.21. The minimum Gasteiger partial charge on any atom is -0.497 e. The Hall–Kier alpha value is -1.74. The molecule has 1 unspecified atom stereocenters. The van der Waals surface area contributed by atoms with Crippen molar-refractivity contribution in [1.82, 2.24) is 4.90 Å². The number of likely N-dealkylation sites (tertiary alicyclic amines) is 1. The summed E-state index contributed by atoms with van der Waals surface area (Å²) in [6, 6.07) is 11.7. The van der Waals surface area contributed by atoms with E-state index in [-0.39, 0.29) is 30.0 Å². The monoisotopic (exact) mass is 470 g/mol. The molecule has 2 aromatic rings. The summed E-state index contributed by atoms with van der Waals surface area (Å²) in [5.41, 5.74) is 6.93. The Bertz CT molecular complexity index is 685. The van der Waals surface area contributed by atoms with Gasteiger partial charge in [-0.05, 0) is 50.2 Å². The zero-order valence-corrected chi connectivity index (χ0v) is 17.4. The first-order valence-corrected chi connectivity index (χ1v) is 8.74. The fraction of sp³-hybridized carbons (Fsp3) is 0.421. The smallest absolute Gasteiger partial charge is 0.193 e. The highest BCUT2D eigenvalue weighted by atomic mass is 127. The van der Waals surface area contributed by atoms with Crippen molar-refractivity contribution in [2.24, 2.45) is 10.7 Å². The van der Waals surface area contributed by atoms with Gasteiger partial charge in [0.1, 0.15) is 11.5 Å². The number of halogens is 1. The van der Waals surface area contributed by atoms with Crippen molar-refractivity contribution in [3.63, 3.8) is 0 Å². The van der Waals surface area contributed by atoms with Crippen molar-refractivity contribution in [1.29, 1.82) is 0 Å². The number of hydrogen-bond donors (Lipinski definition) is 2. The van der Waals surface area contributed by atoms with Crippen LogP contribution in [0.15, 0.2) is 52.1 Å². The average Bonchev–Trinajstić information content (AvgIpc) is 3.17. The first kappa shape index (κ1) is 20.6. The number of benzene rings is 1. The van der Waals surface area contributed by atoms with Crippen molar-refractivity contribution in [2.45, 2.75) is 25.3 Å². The first-order chi connectivity index (χ1) is 12.3. The second-order valence-corrected chi connectivity index (χ2v) is 6.21. The molecule has 2 heterocycles. The summed E-state index contributed by atoms with van der Waals surface area (Å²) in [6.45, 7) is 2.71. The third kappa shape index (κ3) is 5.63. The summed E-state index contributed by atoms with van der Waals surface area (Å²) in [4.78, 5) is 6.98. The number of rotatable bonds is 6. The van der Waals surface area contributed by atoms with Gasteiger partial charge in [0.05, 0.1) is 26.0 Å². The number of methoxy groups -OCH3 is 1. The molecule has 0 radical (unpaired) electrons. The lowest BCUT2D eigenvalue weighted by atomic mass is 10.1. The summed E-state index contributed by atoms with van der Waals surface area (Å²) in [7, 11) is 1.64. The number of ether oxygens (including phenoxy) is 1. The molecule has 1 aromatic carbocycles. The lowest BCUT2D eigenvalue weighted by Gasteiger charge is -2.32. The largest absolute Gasteiger partial charge is 0.497 e. The van der Waals surface area contributed by atoms with E-state index in [4.69, 9.17) is 14.9 Å². The number of piperidine rings is 1. The topological polar surface area (TPSA) is 76.0 Å². The molecule has 26 heavy (non-hydrogen) atoms. The minimum atomic E-state index is 0. The van der Waals surface area contributed by atoms with Crippen LogP contribution in [0.4, 0.5) is 5.69 Å². The fourth-order valence-corrected chi connectivity index (χ4v) is 3.17. The van der Waals surface area contributed by atoms with Crippen LogP contribution < -0.4 is 15.8 Å². The van der Waals surface area contributed by atoms with Gasteiger partial charge in [-0.25, -0.2) is 0 Å². The van der Waals surface area contributed by atoms with Crippen LogP contribution in [-0.4, -0.2) is 37.6 Å². The van der Waals surface area contributed by atoms with Crippen molar-refractivity contribution < 1.29 is 9.15 Å². The number of nitrogens with zero attached hydrogens (tertiary/aromatic N) is 2. The second kappa shape index (κ2) is 10.4. The standard InChI is InChI=1S/C19H26N4O2.HI/c1-24-16-8-5-7-15(13-16)22-19(20)21-14-17(18-9-6-12-25-18)23-10-3-2-4-11-23;/h5-9,12-13,17H,2-4,10-11,14H2,1H3,(H3,20,21,22);1H. The Morgan fingerprint density at radius 1 is 1.27 bits per heavy atom. The maximum atomic E-state index is 6.08. The number of nitrogens with two attached hydrogens (primary N) is 1. The third-order valence-corrected chi connectivity index (χ3v) is 4.48. The Morgan fingerprint density at radius 3 is 2.77 bits per heavy atom. The molecule has 1 aliphatic heterocycles. The zero-order valence-electron chi connectivity index (χ0n) is 15.1. The van der Waals surface area contributed by atoms with Gasteiger partial charge in [0.25, 0.3) is 0 Å². The molecule has 1 aromatic heterocycles. The number of aliphatic imine (C=N–C) groups is 1. The van der Waals surface area contributed by atoms with E-state index < -0.39 is 0 Å². The van der Waals surface area contributed by atoms with Crippen LogP contribution in [0.1, 0.15) is 31.1 Å². The number of nitrogens with one attached hydrogen (secondary N) is 1. The lowest BCUT2D eigenvalue weighted by Crippen LogP contribution is -2.36. The SMILES string of the molecule is COc1cccc(NC(N)=NCC(c2ccco2)N2CCCCC2)c1.I. The molecule has 0 saturated carbocycles. The highest BCUT2D eigenvalue weighted by Gasteiger charge is 2.24. The molecule has 6 nitrogen and oxygen atoms in total. The van der Waals surface area contributed by atoms with Gasteiger partial charge in [-0.1, -0.05) is 12.5 Å². The average molecular weight is 470 g/mol. The summed E-state index contributed by atoms with van der Waals surface area (Å²) in [5.74, 6) is 2.11. The van der Waals surface area contributed by atoms with E-state index >= 15 is 0 Å². The Balaban J connectivity index is 0.00000243. The number of guanidine groups is 1. The summed E-state index contributed by atoms with van der Waals surface area (Å²) < 4.78 is 10.9. The molecule has 0 spiro atoms. The van der Waals surface area contributed by atoms with Crippen molar-refractivity contribution in [3.8, 4) is 5.75 Å². The predicted octanol–water partition coefficient (Wildman–Crippen LogP) is 3.86. The van der Waals surface area contributed by atoms with Crippen LogP contribution in [0, 0.1) is 0 Å². The van der Waals surface area contributed by atoms with Crippen LogP contribution in [0.25, 0.3) is 0 Å². The van der Waals surface area contributed by atoms with Gasteiger partial charge in [-0.3, -0.25) is 9.89 Å². The van der Waals surface area contributed by atoms with Crippen molar-refractivity contribution in [3.05, 3.63) is 48.4 Å². The van der Waals surface area contributed by atoms with Crippen LogP contribution in [0.5, 0.6) is 5.75 Å². The van der Waals surface area contributed by atoms with E-state index in [0.29, 0.717) is 12.5 Å². The Kier molecular flexibility index (Phi) is 8.24.